The van der Waals surface area contributed by atoms with Crippen molar-refractivity contribution in [2.75, 3.05) is 12.0 Å². The predicted molar refractivity (Wildman–Crippen MR) is 88.5 cm³/mol. The second kappa shape index (κ2) is 9.89. The Morgan fingerprint density at radius 1 is 1.17 bits per heavy atom. The number of carbonyl (C=O) groups is 3. The summed E-state index contributed by atoms with van der Waals surface area (Å²) in [5.74, 6) is -2.94. The van der Waals surface area contributed by atoms with Gasteiger partial charge in [0.15, 0.2) is 0 Å². The molecule has 0 radical (unpaired) electrons. The van der Waals surface area contributed by atoms with Crippen LogP contribution in [0.25, 0.3) is 0 Å². The molecule has 0 saturated carbocycles. The summed E-state index contributed by atoms with van der Waals surface area (Å²) in [7, 11) is 0. The third kappa shape index (κ3) is 7.19. The van der Waals surface area contributed by atoms with E-state index in [9.17, 15) is 14.4 Å². The van der Waals surface area contributed by atoms with Crippen molar-refractivity contribution in [2.24, 2.45) is 5.92 Å². The Morgan fingerprint density at radius 2 is 1.83 bits per heavy atom. The Labute approximate surface area is 139 Å². The van der Waals surface area contributed by atoms with Crippen LogP contribution in [0.4, 0.5) is 0 Å². The van der Waals surface area contributed by atoms with Crippen molar-refractivity contribution in [2.45, 2.75) is 25.3 Å². The summed E-state index contributed by atoms with van der Waals surface area (Å²) in [5, 5.41) is 20.6. The molecule has 7 heteroatoms. The van der Waals surface area contributed by atoms with Gasteiger partial charge in [-0.25, -0.2) is 4.79 Å². The maximum Gasteiger partial charge on any atom is 0.326 e. The lowest BCUT2D eigenvalue weighted by atomic mass is 9.95. The van der Waals surface area contributed by atoms with Crippen LogP contribution in [0.3, 0.4) is 0 Å². The summed E-state index contributed by atoms with van der Waals surface area (Å²) in [5.41, 5.74) is 0.838. The molecule has 0 saturated heterocycles. The molecule has 0 bridgehead atoms. The van der Waals surface area contributed by atoms with Gasteiger partial charge in [0, 0.05) is 0 Å². The number of nitrogens with one attached hydrogen (secondary N) is 1. The number of benzene rings is 1. The number of hydrogen-bond donors (Lipinski definition) is 3. The van der Waals surface area contributed by atoms with Crippen molar-refractivity contribution in [3.05, 3.63) is 35.9 Å². The highest BCUT2D eigenvalue weighted by Crippen LogP contribution is 2.14. The van der Waals surface area contributed by atoms with Crippen molar-refractivity contribution < 1.29 is 24.6 Å². The van der Waals surface area contributed by atoms with E-state index in [0.29, 0.717) is 12.2 Å². The van der Waals surface area contributed by atoms with Gasteiger partial charge in [0.1, 0.15) is 6.04 Å². The number of aliphatic carboxylic acids is 2. The molecule has 1 rings (SSSR count). The Kier molecular flexibility index (Phi) is 8.18. The molecule has 0 aliphatic rings. The number of rotatable bonds is 10. The number of carbonyl (C=O) groups excluding carboxylic acids is 1. The first-order valence-electron chi connectivity index (χ1n) is 7.22. The van der Waals surface area contributed by atoms with Crippen LogP contribution in [0.15, 0.2) is 30.3 Å². The molecule has 0 unspecified atom stereocenters. The third-order valence-corrected chi connectivity index (χ3v) is 3.99. The van der Waals surface area contributed by atoms with Crippen LogP contribution >= 0.6 is 11.8 Å². The first-order valence-corrected chi connectivity index (χ1v) is 8.61. The molecule has 6 nitrogen and oxygen atoms in total. The number of amides is 1. The molecule has 0 fully saturated rings. The van der Waals surface area contributed by atoms with Gasteiger partial charge in [-0.3, -0.25) is 9.59 Å². The third-order valence-electron chi connectivity index (χ3n) is 3.34. The number of carboxylic acid groups (broad SMARTS) is 2. The number of carboxylic acids is 2. The highest BCUT2D eigenvalue weighted by atomic mass is 32.2. The molecule has 3 N–H and O–H groups in total. The van der Waals surface area contributed by atoms with E-state index in [4.69, 9.17) is 10.2 Å². The van der Waals surface area contributed by atoms with E-state index >= 15 is 0 Å². The van der Waals surface area contributed by atoms with Crippen molar-refractivity contribution in [3.63, 3.8) is 0 Å². The Bertz CT molecular complexity index is 535. The lowest BCUT2D eigenvalue weighted by molar-refractivity contribution is -0.144. The minimum Gasteiger partial charge on any atom is -0.481 e. The van der Waals surface area contributed by atoms with Gasteiger partial charge in [-0.2, -0.15) is 11.8 Å². The van der Waals surface area contributed by atoms with Gasteiger partial charge in [-0.15, -0.1) is 0 Å². The van der Waals surface area contributed by atoms with Gasteiger partial charge < -0.3 is 15.5 Å². The summed E-state index contributed by atoms with van der Waals surface area (Å²) >= 11 is 1.49. The molecule has 23 heavy (non-hydrogen) atoms. The fourth-order valence-electron chi connectivity index (χ4n) is 2.15. The lowest BCUT2D eigenvalue weighted by Gasteiger charge is -2.19. The zero-order chi connectivity index (χ0) is 17.2. The van der Waals surface area contributed by atoms with E-state index in [-0.39, 0.29) is 12.8 Å². The minimum absolute atomic E-state index is 0.258. The van der Waals surface area contributed by atoms with E-state index in [1.54, 1.807) is 0 Å². The standard InChI is InChI=1S/C16H21NO5S/c1-23-8-7-13(16(21)22)17-15(20)12(10-14(18)19)9-11-5-3-2-4-6-11/h2-6,12-13H,7-10H2,1H3,(H,17,20)(H,18,19)(H,21,22)/t12-,13+/m0/s1. The molecule has 1 amide bonds. The second-order valence-electron chi connectivity index (χ2n) is 5.17. The summed E-state index contributed by atoms with van der Waals surface area (Å²) < 4.78 is 0. The van der Waals surface area contributed by atoms with E-state index < -0.39 is 29.8 Å². The second-order valence-corrected chi connectivity index (χ2v) is 6.15. The lowest BCUT2D eigenvalue weighted by Crippen LogP contribution is -2.44. The van der Waals surface area contributed by atoms with Gasteiger partial charge >= 0.3 is 11.9 Å². The van der Waals surface area contributed by atoms with Crippen LogP contribution in [-0.4, -0.2) is 46.1 Å². The number of thioether (sulfide) groups is 1. The number of hydrogen-bond acceptors (Lipinski definition) is 4. The first kappa shape index (κ1) is 19.0. The van der Waals surface area contributed by atoms with Gasteiger partial charge in [0.2, 0.25) is 5.91 Å². The molecule has 126 valence electrons. The first-order chi connectivity index (χ1) is 10.9. The van der Waals surface area contributed by atoms with E-state index in [1.165, 1.54) is 11.8 Å². The van der Waals surface area contributed by atoms with Gasteiger partial charge in [0.05, 0.1) is 12.3 Å². The van der Waals surface area contributed by atoms with E-state index in [0.717, 1.165) is 5.56 Å². The van der Waals surface area contributed by atoms with Crippen LogP contribution < -0.4 is 5.32 Å². The average molecular weight is 339 g/mol. The van der Waals surface area contributed by atoms with Crippen LogP contribution in [-0.2, 0) is 20.8 Å². The largest absolute Gasteiger partial charge is 0.481 e. The Balaban J connectivity index is 2.77. The summed E-state index contributed by atoms with van der Waals surface area (Å²) in [6.45, 7) is 0. The fourth-order valence-corrected chi connectivity index (χ4v) is 2.62. The van der Waals surface area contributed by atoms with Gasteiger partial charge in [-0.05, 0) is 30.4 Å². The quantitative estimate of drug-likeness (QED) is 0.599. The zero-order valence-corrected chi connectivity index (χ0v) is 13.7. The summed E-state index contributed by atoms with van der Waals surface area (Å²) in [6, 6.07) is 8.07. The monoisotopic (exact) mass is 339 g/mol. The summed E-state index contributed by atoms with van der Waals surface area (Å²) in [6.07, 6.45) is 2.07. The van der Waals surface area contributed by atoms with E-state index in [2.05, 4.69) is 5.32 Å². The van der Waals surface area contributed by atoms with Crippen LogP contribution in [0, 0.1) is 5.92 Å². The molecular formula is C16H21NO5S. The van der Waals surface area contributed by atoms with Crippen LogP contribution in [0.5, 0.6) is 0 Å². The van der Waals surface area contributed by atoms with Gasteiger partial charge in [-0.1, -0.05) is 30.3 Å². The van der Waals surface area contributed by atoms with Crippen molar-refractivity contribution in [3.8, 4) is 0 Å². The molecule has 0 spiro atoms. The predicted octanol–water partition coefficient (Wildman–Crippen LogP) is 1.64. The van der Waals surface area contributed by atoms with Crippen molar-refractivity contribution >= 4 is 29.6 Å². The summed E-state index contributed by atoms with van der Waals surface area (Å²) in [4.78, 5) is 34.5. The molecule has 0 aromatic heterocycles. The van der Waals surface area contributed by atoms with Crippen molar-refractivity contribution in [1.29, 1.82) is 0 Å². The maximum absolute atomic E-state index is 12.3. The van der Waals surface area contributed by atoms with E-state index in [1.807, 2.05) is 36.6 Å². The molecule has 0 aliphatic carbocycles. The molecular weight excluding hydrogens is 318 g/mol. The van der Waals surface area contributed by atoms with Crippen LogP contribution in [0.1, 0.15) is 18.4 Å². The molecule has 2 atom stereocenters. The molecule has 1 aromatic rings. The molecule has 1 aromatic carbocycles. The Hall–Kier alpha value is -2.02. The SMILES string of the molecule is CSCC[C@@H](NC(=O)[C@H](CC(=O)O)Cc1ccccc1)C(=O)O. The topological polar surface area (TPSA) is 104 Å². The molecule has 0 aliphatic heterocycles. The highest BCUT2D eigenvalue weighted by molar-refractivity contribution is 7.98. The Morgan fingerprint density at radius 3 is 2.35 bits per heavy atom. The van der Waals surface area contributed by atoms with Gasteiger partial charge in [0.25, 0.3) is 0 Å². The zero-order valence-electron chi connectivity index (χ0n) is 12.9. The highest BCUT2D eigenvalue weighted by Gasteiger charge is 2.27. The fraction of sp³-hybridized carbons (Fsp3) is 0.438. The normalized spacial score (nSPS) is 13.1. The molecule has 0 heterocycles. The minimum atomic E-state index is -1.11. The van der Waals surface area contributed by atoms with Crippen LogP contribution in [0.2, 0.25) is 0 Å². The maximum atomic E-state index is 12.3. The van der Waals surface area contributed by atoms with Crippen molar-refractivity contribution in [1.82, 2.24) is 5.32 Å². The average Bonchev–Trinajstić information content (AvgIpc) is 2.50. The smallest absolute Gasteiger partial charge is 0.326 e.